The van der Waals surface area contributed by atoms with Crippen molar-refractivity contribution >= 4 is 11.6 Å². The maximum Gasteiger partial charge on any atom is 0.221 e. The molecule has 3 unspecified atom stereocenters. The molecule has 0 radical (unpaired) electrons. The Kier molecular flexibility index (Phi) is 6.64. The predicted octanol–water partition coefficient (Wildman–Crippen LogP) is 1.43. The minimum atomic E-state index is -0.665. The summed E-state index contributed by atoms with van der Waals surface area (Å²) < 4.78 is 0. The molecular formula is C15H24N2O3. The monoisotopic (exact) mass is 280 g/mol. The van der Waals surface area contributed by atoms with Gasteiger partial charge in [-0.05, 0) is 31.0 Å². The first-order valence-electron chi connectivity index (χ1n) is 6.90. The third-order valence-electron chi connectivity index (χ3n) is 3.26. The molecule has 1 aromatic carbocycles. The summed E-state index contributed by atoms with van der Waals surface area (Å²) in [5.41, 5.74) is 1.47. The van der Waals surface area contributed by atoms with Crippen molar-refractivity contribution in [1.29, 1.82) is 0 Å². The molecule has 0 saturated heterocycles. The van der Waals surface area contributed by atoms with Crippen LogP contribution in [0.2, 0.25) is 0 Å². The largest absolute Gasteiger partial charge is 0.395 e. The van der Waals surface area contributed by atoms with Gasteiger partial charge in [-0.25, -0.2) is 0 Å². The van der Waals surface area contributed by atoms with Crippen molar-refractivity contribution in [1.82, 2.24) is 5.32 Å². The molecule has 0 spiro atoms. The normalized spacial score (nSPS) is 15.4. The van der Waals surface area contributed by atoms with Crippen molar-refractivity contribution in [3.63, 3.8) is 0 Å². The van der Waals surface area contributed by atoms with Gasteiger partial charge in [0, 0.05) is 24.7 Å². The lowest BCUT2D eigenvalue weighted by Gasteiger charge is -2.25. The highest BCUT2D eigenvalue weighted by molar-refractivity contribution is 5.88. The second-order valence-corrected chi connectivity index (χ2v) is 4.99. The molecule has 20 heavy (non-hydrogen) atoms. The van der Waals surface area contributed by atoms with E-state index in [1.54, 1.807) is 24.3 Å². The minimum Gasteiger partial charge on any atom is -0.395 e. The molecule has 1 amide bonds. The SMILES string of the molecule is CCC(CO)NC(C)C(O)c1ccc(NC(C)=O)cc1. The van der Waals surface area contributed by atoms with Gasteiger partial charge >= 0.3 is 0 Å². The highest BCUT2D eigenvalue weighted by atomic mass is 16.3. The molecule has 1 rings (SSSR count). The van der Waals surface area contributed by atoms with E-state index in [1.165, 1.54) is 6.92 Å². The van der Waals surface area contributed by atoms with Crippen LogP contribution in [0.5, 0.6) is 0 Å². The van der Waals surface area contributed by atoms with Crippen LogP contribution in [0.25, 0.3) is 0 Å². The van der Waals surface area contributed by atoms with Crippen molar-refractivity contribution in [2.24, 2.45) is 0 Å². The van der Waals surface area contributed by atoms with Crippen LogP contribution < -0.4 is 10.6 Å². The first-order chi connectivity index (χ1) is 9.47. The van der Waals surface area contributed by atoms with Crippen molar-refractivity contribution in [2.45, 2.75) is 45.4 Å². The summed E-state index contributed by atoms with van der Waals surface area (Å²) in [5.74, 6) is -0.123. The van der Waals surface area contributed by atoms with Crippen LogP contribution in [0.15, 0.2) is 24.3 Å². The molecule has 0 aliphatic rings. The Hall–Kier alpha value is -1.43. The van der Waals surface area contributed by atoms with Gasteiger partial charge in [0.1, 0.15) is 0 Å². The maximum atomic E-state index is 10.9. The fourth-order valence-corrected chi connectivity index (χ4v) is 2.02. The Morgan fingerprint density at radius 3 is 2.35 bits per heavy atom. The number of nitrogens with one attached hydrogen (secondary N) is 2. The Bertz CT molecular complexity index is 416. The average molecular weight is 280 g/mol. The molecule has 3 atom stereocenters. The number of hydrogen-bond donors (Lipinski definition) is 4. The summed E-state index contributed by atoms with van der Waals surface area (Å²) in [4.78, 5) is 10.9. The number of rotatable bonds is 7. The molecule has 0 aliphatic heterocycles. The van der Waals surface area contributed by atoms with Crippen molar-refractivity contribution in [2.75, 3.05) is 11.9 Å². The molecule has 0 fully saturated rings. The molecule has 0 aromatic heterocycles. The lowest BCUT2D eigenvalue weighted by molar-refractivity contribution is -0.114. The van der Waals surface area contributed by atoms with Crippen LogP contribution in [0.3, 0.4) is 0 Å². The van der Waals surface area contributed by atoms with Crippen LogP contribution >= 0.6 is 0 Å². The average Bonchev–Trinajstić information content (AvgIpc) is 2.43. The van der Waals surface area contributed by atoms with Gasteiger partial charge in [-0.3, -0.25) is 4.79 Å². The summed E-state index contributed by atoms with van der Waals surface area (Å²) in [6.07, 6.45) is 0.136. The van der Waals surface area contributed by atoms with E-state index in [-0.39, 0.29) is 24.6 Å². The molecule has 112 valence electrons. The molecule has 5 nitrogen and oxygen atoms in total. The van der Waals surface area contributed by atoms with Gasteiger partial charge in [0.15, 0.2) is 0 Å². The number of anilines is 1. The molecule has 5 heteroatoms. The fourth-order valence-electron chi connectivity index (χ4n) is 2.02. The Morgan fingerprint density at radius 2 is 1.90 bits per heavy atom. The van der Waals surface area contributed by atoms with Gasteiger partial charge in [0.2, 0.25) is 5.91 Å². The van der Waals surface area contributed by atoms with Crippen molar-refractivity contribution < 1.29 is 15.0 Å². The lowest BCUT2D eigenvalue weighted by Crippen LogP contribution is -2.41. The van der Waals surface area contributed by atoms with Gasteiger partial charge in [-0.1, -0.05) is 19.1 Å². The number of aliphatic hydroxyl groups excluding tert-OH is 2. The summed E-state index contributed by atoms with van der Waals surface area (Å²) >= 11 is 0. The Labute approximate surface area is 120 Å². The third kappa shape index (κ3) is 4.92. The van der Waals surface area contributed by atoms with Gasteiger partial charge in [-0.2, -0.15) is 0 Å². The molecule has 0 saturated carbocycles. The van der Waals surface area contributed by atoms with E-state index in [2.05, 4.69) is 10.6 Å². The number of carbonyl (C=O) groups excluding carboxylic acids is 1. The second-order valence-electron chi connectivity index (χ2n) is 4.99. The molecule has 1 aromatic rings. The van der Waals surface area contributed by atoms with E-state index < -0.39 is 6.10 Å². The highest BCUT2D eigenvalue weighted by Crippen LogP contribution is 2.19. The van der Waals surface area contributed by atoms with Crippen LogP contribution in [0, 0.1) is 0 Å². The maximum absolute atomic E-state index is 10.9. The second kappa shape index (κ2) is 7.99. The predicted molar refractivity (Wildman–Crippen MR) is 79.5 cm³/mol. The first-order valence-corrected chi connectivity index (χ1v) is 6.90. The van der Waals surface area contributed by atoms with Crippen LogP contribution in [0.4, 0.5) is 5.69 Å². The van der Waals surface area contributed by atoms with E-state index >= 15 is 0 Å². The first kappa shape index (κ1) is 16.6. The minimum absolute atomic E-state index is 0.0155. The van der Waals surface area contributed by atoms with E-state index in [9.17, 15) is 9.90 Å². The number of aliphatic hydroxyl groups is 2. The summed E-state index contributed by atoms with van der Waals surface area (Å²) in [6.45, 7) is 5.36. The summed E-state index contributed by atoms with van der Waals surface area (Å²) in [5, 5.41) is 25.3. The zero-order valence-electron chi connectivity index (χ0n) is 12.3. The molecule has 0 aliphatic carbocycles. The van der Waals surface area contributed by atoms with Crippen molar-refractivity contribution in [3.05, 3.63) is 29.8 Å². The summed E-state index contributed by atoms with van der Waals surface area (Å²) in [7, 11) is 0. The quantitative estimate of drug-likeness (QED) is 0.609. The van der Waals surface area contributed by atoms with E-state index in [1.807, 2.05) is 13.8 Å². The summed E-state index contributed by atoms with van der Waals surface area (Å²) in [6, 6.07) is 6.91. The van der Waals surface area contributed by atoms with Crippen LogP contribution in [-0.4, -0.2) is 34.8 Å². The number of carbonyl (C=O) groups is 1. The number of benzene rings is 1. The van der Waals surface area contributed by atoms with Crippen LogP contribution in [-0.2, 0) is 4.79 Å². The lowest BCUT2D eigenvalue weighted by atomic mass is 10.0. The van der Waals surface area contributed by atoms with E-state index in [0.717, 1.165) is 12.0 Å². The van der Waals surface area contributed by atoms with Crippen molar-refractivity contribution in [3.8, 4) is 0 Å². The molecule has 4 N–H and O–H groups in total. The van der Waals surface area contributed by atoms with Gasteiger partial charge in [0.25, 0.3) is 0 Å². The van der Waals surface area contributed by atoms with E-state index in [0.29, 0.717) is 5.69 Å². The standard InChI is InChI=1S/C15H24N2O3/c1-4-13(9-18)16-10(2)15(20)12-5-7-14(8-6-12)17-11(3)19/h5-8,10,13,15-16,18,20H,4,9H2,1-3H3,(H,17,19). The highest BCUT2D eigenvalue weighted by Gasteiger charge is 2.18. The Balaban J connectivity index is 2.66. The third-order valence-corrected chi connectivity index (χ3v) is 3.26. The number of amides is 1. The molecule has 0 bridgehead atoms. The van der Waals surface area contributed by atoms with Gasteiger partial charge in [0.05, 0.1) is 12.7 Å². The van der Waals surface area contributed by atoms with Gasteiger partial charge < -0.3 is 20.8 Å². The molecule has 0 heterocycles. The Morgan fingerprint density at radius 1 is 1.30 bits per heavy atom. The van der Waals surface area contributed by atoms with E-state index in [4.69, 9.17) is 5.11 Å². The zero-order valence-corrected chi connectivity index (χ0v) is 12.3. The van der Waals surface area contributed by atoms with Crippen LogP contribution in [0.1, 0.15) is 38.9 Å². The molecular weight excluding hydrogens is 256 g/mol. The smallest absolute Gasteiger partial charge is 0.221 e. The van der Waals surface area contributed by atoms with Gasteiger partial charge in [-0.15, -0.1) is 0 Å². The number of hydrogen-bond acceptors (Lipinski definition) is 4. The topological polar surface area (TPSA) is 81.6 Å². The fraction of sp³-hybridized carbons (Fsp3) is 0.533. The zero-order chi connectivity index (χ0) is 15.1.